The summed E-state index contributed by atoms with van der Waals surface area (Å²) in [5, 5.41) is 0. The highest BCUT2D eigenvalue weighted by Gasteiger charge is 2.17. The Morgan fingerprint density at radius 1 is 0.893 bits per heavy atom. The molecule has 0 saturated carbocycles. The summed E-state index contributed by atoms with van der Waals surface area (Å²) in [6, 6.07) is 9.80. The molecule has 2 atom stereocenters. The van der Waals surface area contributed by atoms with Crippen molar-refractivity contribution in [2.75, 3.05) is 0 Å². The third-order valence-corrected chi connectivity index (χ3v) is 5.93. The molecule has 150 valence electrons. The third-order valence-electron chi connectivity index (χ3n) is 5.93. The molecule has 2 unspecified atom stereocenters. The molecular formula is C24H36N4+2. The first kappa shape index (κ1) is 20.4. The summed E-state index contributed by atoms with van der Waals surface area (Å²) in [5.74, 6) is 0.589. The van der Waals surface area contributed by atoms with Crippen LogP contribution in [-0.2, 0) is 19.6 Å². The fourth-order valence-electron chi connectivity index (χ4n) is 3.87. The van der Waals surface area contributed by atoms with E-state index in [-0.39, 0.29) is 0 Å². The maximum Gasteiger partial charge on any atom is 0.244 e. The van der Waals surface area contributed by atoms with E-state index in [2.05, 4.69) is 108 Å². The van der Waals surface area contributed by atoms with Crippen LogP contribution in [0.1, 0.15) is 70.0 Å². The lowest BCUT2D eigenvalue weighted by molar-refractivity contribution is -0.693. The largest absolute Gasteiger partial charge is 0.244 e. The highest BCUT2D eigenvalue weighted by atomic mass is 15.1. The highest BCUT2D eigenvalue weighted by molar-refractivity contribution is 5.24. The van der Waals surface area contributed by atoms with Gasteiger partial charge in [-0.15, -0.1) is 0 Å². The average molecular weight is 381 g/mol. The van der Waals surface area contributed by atoms with Crippen LogP contribution in [0.2, 0.25) is 0 Å². The summed E-state index contributed by atoms with van der Waals surface area (Å²) >= 11 is 0. The predicted molar refractivity (Wildman–Crippen MR) is 113 cm³/mol. The number of nitrogens with zero attached hydrogens (tertiary/aromatic N) is 4. The van der Waals surface area contributed by atoms with Crippen molar-refractivity contribution in [3.8, 4) is 0 Å². The van der Waals surface area contributed by atoms with Crippen molar-refractivity contribution in [2.45, 2.75) is 78.6 Å². The Balaban J connectivity index is 1.55. The summed E-state index contributed by atoms with van der Waals surface area (Å²) in [4.78, 5) is 0. The maximum absolute atomic E-state index is 2.39. The molecule has 28 heavy (non-hydrogen) atoms. The van der Waals surface area contributed by atoms with E-state index in [0.717, 1.165) is 19.6 Å². The average Bonchev–Trinajstić information content (AvgIpc) is 3.38. The van der Waals surface area contributed by atoms with Crippen LogP contribution in [-0.4, -0.2) is 9.13 Å². The van der Waals surface area contributed by atoms with E-state index in [1.54, 1.807) is 0 Å². The molecule has 2 heterocycles. The van der Waals surface area contributed by atoms with Crippen molar-refractivity contribution in [2.24, 2.45) is 0 Å². The minimum Gasteiger partial charge on any atom is -0.237 e. The summed E-state index contributed by atoms with van der Waals surface area (Å²) in [6.07, 6.45) is 16.7. The molecule has 4 heteroatoms. The Labute approximate surface area is 170 Å². The van der Waals surface area contributed by atoms with Gasteiger partial charge in [-0.25, -0.2) is 18.3 Å². The van der Waals surface area contributed by atoms with Crippen molar-refractivity contribution in [1.82, 2.24) is 9.13 Å². The van der Waals surface area contributed by atoms with Crippen LogP contribution in [0.5, 0.6) is 0 Å². The molecule has 0 aliphatic heterocycles. The van der Waals surface area contributed by atoms with E-state index in [4.69, 9.17) is 0 Å². The number of imidazole rings is 2. The van der Waals surface area contributed by atoms with E-state index in [1.807, 2.05) is 0 Å². The van der Waals surface area contributed by atoms with Crippen LogP contribution in [0, 0.1) is 0 Å². The summed E-state index contributed by atoms with van der Waals surface area (Å²) in [6.45, 7) is 12.0. The molecule has 0 saturated heterocycles. The molecule has 0 aliphatic rings. The van der Waals surface area contributed by atoms with Crippen molar-refractivity contribution < 1.29 is 9.13 Å². The second-order valence-electron chi connectivity index (χ2n) is 7.89. The molecule has 0 N–H and O–H groups in total. The van der Waals surface area contributed by atoms with E-state index in [9.17, 15) is 0 Å². The molecule has 2 aromatic heterocycles. The van der Waals surface area contributed by atoms with Gasteiger partial charge in [-0.1, -0.05) is 38.1 Å². The van der Waals surface area contributed by atoms with Gasteiger partial charge in [-0.05, 0) is 50.2 Å². The minimum absolute atomic E-state index is 0.589. The number of hydrogen-bond acceptors (Lipinski definition) is 0. The van der Waals surface area contributed by atoms with Gasteiger partial charge in [0.2, 0.25) is 12.7 Å². The smallest absolute Gasteiger partial charge is 0.237 e. The second kappa shape index (κ2) is 9.72. The maximum atomic E-state index is 2.39. The van der Waals surface area contributed by atoms with E-state index < -0.39 is 0 Å². The van der Waals surface area contributed by atoms with Gasteiger partial charge in [0.1, 0.15) is 37.4 Å². The Morgan fingerprint density at radius 2 is 1.64 bits per heavy atom. The quantitative estimate of drug-likeness (QED) is 0.461. The Hall–Kier alpha value is -2.36. The van der Waals surface area contributed by atoms with Gasteiger partial charge >= 0.3 is 0 Å². The molecule has 4 nitrogen and oxygen atoms in total. The minimum atomic E-state index is 0.589. The molecular weight excluding hydrogens is 344 g/mol. The van der Waals surface area contributed by atoms with Gasteiger partial charge in [0.05, 0.1) is 13.1 Å². The lowest BCUT2D eigenvalue weighted by Gasteiger charge is -2.16. The fourth-order valence-corrected chi connectivity index (χ4v) is 3.87. The zero-order valence-electron chi connectivity index (χ0n) is 18.0. The molecule has 0 fully saturated rings. The topological polar surface area (TPSA) is 17.6 Å². The zero-order chi connectivity index (χ0) is 19.9. The number of benzene rings is 1. The van der Waals surface area contributed by atoms with Crippen molar-refractivity contribution in [1.29, 1.82) is 0 Å². The molecule has 0 bridgehead atoms. The van der Waals surface area contributed by atoms with E-state index in [1.165, 1.54) is 30.4 Å². The standard InChI is InChI=1S/C24H36N4/c1-5-24(28-17-16-26(7-3)20-28)13-8-21(4)23-11-9-22(10-12-23)18-27-15-14-25(6-2)19-27/h9-12,14-17,19-21,24H,5-8,13,18H2,1-4H3/q+2. The first-order valence-corrected chi connectivity index (χ1v) is 10.8. The van der Waals surface area contributed by atoms with Crippen LogP contribution in [0.15, 0.2) is 61.7 Å². The normalized spacial score (nSPS) is 13.6. The first-order chi connectivity index (χ1) is 13.6. The summed E-state index contributed by atoms with van der Waals surface area (Å²) < 4.78 is 9.08. The molecule has 3 aromatic rings. The highest BCUT2D eigenvalue weighted by Crippen LogP contribution is 2.26. The van der Waals surface area contributed by atoms with Gasteiger partial charge in [0.25, 0.3) is 0 Å². The SMILES string of the molecule is CCC(CCC(C)c1ccc(C[n+]2ccn(CC)c2)cc1)n1cc[n+](CC)c1. The second-order valence-corrected chi connectivity index (χ2v) is 7.89. The van der Waals surface area contributed by atoms with Gasteiger partial charge in [-0.3, -0.25) is 0 Å². The lowest BCUT2D eigenvalue weighted by Crippen LogP contribution is -2.31. The third kappa shape index (κ3) is 5.12. The van der Waals surface area contributed by atoms with Gasteiger partial charge < -0.3 is 0 Å². The van der Waals surface area contributed by atoms with Gasteiger partial charge in [0.15, 0.2) is 0 Å². The lowest BCUT2D eigenvalue weighted by atomic mass is 9.93. The van der Waals surface area contributed by atoms with Crippen molar-refractivity contribution in [3.05, 3.63) is 72.8 Å². The molecule has 0 radical (unpaired) electrons. The van der Waals surface area contributed by atoms with Crippen LogP contribution < -0.4 is 9.13 Å². The van der Waals surface area contributed by atoms with Gasteiger partial charge in [-0.2, -0.15) is 0 Å². The molecule has 0 aliphatic carbocycles. The Kier molecular flexibility index (Phi) is 7.07. The monoisotopic (exact) mass is 380 g/mol. The Bertz CT molecular complexity index is 844. The Morgan fingerprint density at radius 3 is 2.25 bits per heavy atom. The molecule has 1 aromatic carbocycles. The number of hydrogen-bond donors (Lipinski definition) is 0. The molecule has 0 spiro atoms. The zero-order valence-corrected chi connectivity index (χ0v) is 18.0. The number of rotatable bonds is 10. The number of aromatic nitrogens is 4. The fraction of sp³-hybridized carbons (Fsp3) is 0.500. The van der Waals surface area contributed by atoms with Crippen molar-refractivity contribution in [3.63, 3.8) is 0 Å². The van der Waals surface area contributed by atoms with E-state index in [0.29, 0.717) is 12.0 Å². The van der Waals surface area contributed by atoms with E-state index >= 15 is 0 Å². The predicted octanol–water partition coefficient (Wildman–Crippen LogP) is 4.49. The number of aryl methyl sites for hydroxylation is 2. The van der Waals surface area contributed by atoms with Crippen LogP contribution in [0.4, 0.5) is 0 Å². The summed E-state index contributed by atoms with van der Waals surface area (Å²) in [5.41, 5.74) is 2.81. The van der Waals surface area contributed by atoms with Crippen LogP contribution in [0.3, 0.4) is 0 Å². The van der Waals surface area contributed by atoms with Crippen LogP contribution >= 0.6 is 0 Å². The molecule has 3 rings (SSSR count). The molecule has 0 amide bonds. The van der Waals surface area contributed by atoms with Crippen LogP contribution in [0.25, 0.3) is 0 Å². The van der Waals surface area contributed by atoms with Gasteiger partial charge in [0, 0.05) is 0 Å². The summed E-state index contributed by atoms with van der Waals surface area (Å²) in [7, 11) is 0. The van der Waals surface area contributed by atoms with Crippen molar-refractivity contribution >= 4 is 0 Å². The first-order valence-electron chi connectivity index (χ1n) is 10.8.